The van der Waals surface area contributed by atoms with Gasteiger partial charge in [0.2, 0.25) is 5.92 Å². The third-order valence-corrected chi connectivity index (χ3v) is 8.92. The van der Waals surface area contributed by atoms with Gasteiger partial charge in [-0.15, -0.1) is 0 Å². The number of anilines is 1. The topological polar surface area (TPSA) is 90.9 Å². The van der Waals surface area contributed by atoms with Crippen LogP contribution >= 0.6 is 0 Å². The van der Waals surface area contributed by atoms with Gasteiger partial charge in [0.15, 0.2) is 5.69 Å². The molecule has 2 aliphatic heterocycles. The highest BCUT2D eigenvalue weighted by molar-refractivity contribution is 5.88. The third kappa shape index (κ3) is 4.53. The first kappa shape index (κ1) is 26.0. The molecule has 2 saturated heterocycles. The maximum atomic E-state index is 14.2. The molecule has 39 heavy (non-hydrogen) atoms. The van der Waals surface area contributed by atoms with Crippen molar-refractivity contribution in [2.45, 2.75) is 57.2 Å². The van der Waals surface area contributed by atoms with Gasteiger partial charge in [0, 0.05) is 73.9 Å². The first-order chi connectivity index (χ1) is 18.6. The van der Waals surface area contributed by atoms with Gasteiger partial charge in [-0.3, -0.25) is 4.90 Å². The molecule has 1 saturated carbocycles. The number of likely N-dealkylation sites (tertiary alicyclic amines) is 1. The quantitative estimate of drug-likeness (QED) is 0.428. The van der Waals surface area contributed by atoms with Gasteiger partial charge in [0.05, 0.1) is 13.2 Å². The molecule has 6 rings (SSSR count). The van der Waals surface area contributed by atoms with Gasteiger partial charge in [0.1, 0.15) is 11.6 Å². The van der Waals surface area contributed by atoms with Crippen molar-refractivity contribution in [2.24, 2.45) is 5.41 Å². The van der Waals surface area contributed by atoms with E-state index in [1.54, 1.807) is 14.2 Å². The summed E-state index contributed by atoms with van der Waals surface area (Å²) in [7, 11) is 3.32. The van der Waals surface area contributed by atoms with Crippen LogP contribution in [-0.2, 0) is 11.3 Å². The van der Waals surface area contributed by atoms with E-state index in [2.05, 4.69) is 14.9 Å². The fraction of sp³-hybridized carbons (Fsp3) is 0.517. The van der Waals surface area contributed by atoms with Crippen LogP contribution < -0.4 is 9.64 Å². The zero-order valence-electron chi connectivity index (χ0n) is 22.5. The maximum absolute atomic E-state index is 14.2. The number of H-pyrrole nitrogens is 1. The number of nitrogens with one attached hydrogen (secondary N) is 1. The van der Waals surface area contributed by atoms with Crippen molar-refractivity contribution in [3.8, 4) is 5.75 Å². The molecule has 0 bridgehead atoms. The molecule has 3 aliphatic rings. The molecular formula is C29H34F2N4O4. The molecule has 1 unspecified atom stereocenters. The number of hydrogen-bond donors (Lipinski definition) is 2. The number of fused-ring (bicyclic) bond motifs is 1. The van der Waals surface area contributed by atoms with Gasteiger partial charge in [-0.25, -0.2) is 18.6 Å². The summed E-state index contributed by atoms with van der Waals surface area (Å²) in [6.45, 7) is 4.45. The molecule has 1 aromatic carbocycles. The Morgan fingerprint density at radius 2 is 2.00 bits per heavy atom. The van der Waals surface area contributed by atoms with Crippen LogP contribution in [0.4, 0.5) is 14.6 Å². The molecule has 0 amide bonds. The first-order valence-corrected chi connectivity index (χ1v) is 13.4. The number of carboxylic acids is 1. The van der Waals surface area contributed by atoms with Gasteiger partial charge in [-0.05, 0) is 55.5 Å². The smallest absolute Gasteiger partial charge is 0.354 e. The summed E-state index contributed by atoms with van der Waals surface area (Å²) < 4.78 is 39.6. The van der Waals surface area contributed by atoms with E-state index < -0.39 is 17.3 Å². The van der Waals surface area contributed by atoms with E-state index in [1.807, 2.05) is 36.2 Å². The highest BCUT2D eigenvalue weighted by atomic mass is 19.3. The number of nitrogens with zero attached hydrogens (tertiary/aromatic N) is 3. The Hall–Kier alpha value is -3.24. The lowest BCUT2D eigenvalue weighted by Gasteiger charge is -2.55. The van der Waals surface area contributed by atoms with Gasteiger partial charge < -0.3 is 24.5 Å². The molecular weight excluding hydrogens is 506 g/mol. The predicted molar refractivity (Wildman–Crippen MR) is 143 cm³/mol. The van der Waals surface area contributed by atoms with Crippen LogP contribution in [0.1, 0.15) is 58.9 Å². The summed E-state index contributed by atoms with van der Waals surface area (Å²) in [6, 6.07) is 7.23. The number of benzene rings is 1. The SMILES string of the molecule is COc1cc(C)c2[nH]ccc2c1CN1CCC2(CC1c1ccc(C(=O)O)nc1N1CC(OC)C1)CC(F)(F)C2. The van der Waals surface area contributed by atoms with Crippen LogP contribution in [0.5, 0.6) is 5.75 Å². The van der Waals surface area contributed by atoms with Crippen molar-refractivity contribution < 1.29 is 28.2 Å². The molecule has 1 atom stereocenters. The molecule has 8 nitrogen and oxygen atoms in total. The number of ether oxygens (including phenoxy) is 2. The number of piperidine rings is 1. The number of hydrogen-bond acceptors (Lipinski definition) is 6. The zero-order valence-corrected chi connectivity index (χ0v) is 22.5. The van der Waals surface area contributed by atoms with Crippen LogP contribution in [0.2, 0.25) is 0 Å². The highest BCUT2D eigenvalue weighted by Crippen LogP contribution is 2.61. The van der Waals surface area contributed by atoms with E-state index in [1.165, 1.54) is 6.07 Å². The second-order valence-corrected chi connectivity index (χ2v) is 11.5. The molecule has 0 radical (unpaired) electrons. The Labute approximate surface area is 225 Å². The molecule has 4 heterocycles. The maximum Gasteiger partial charge on any atom is 0.354 e. The number of carbonyl (C=O) groups is 1. The standard InChI is InChI=1S/C29H34F2N4O4/c1-17-10-24(39-3)21(19-6-8-32-25(17)19)14-34-9-7-28(15-29(30,31)16-28)11-23(34)20-4-5-22(27(36)37)33-26(20)35-12-18(13-35)38-2/h4-6,8,10,18,23,32H,7,9,11-16H2,1-3H3,(H,36,37). The van der Waals surface area contributed by atoms with Crippen LogP contribution in [0.3, 0.4) is 0 Å². The molecule has 10 heteroatoms. The number of carboxylic acid groups (broad SMARTS) is 1. The minimum absolute atomic E-state index is 0.0314. The van der Waals surface area contributed by atoms with Crippen molar-refractivity contribution in [1.82, 2.24) is 14.9 Å². The van der Waals surface area contributed by atoms with E-state index in [-0.39, 0.29) is 30.7 Å². The van der Waals surface area contributed by atoms with Crippen LogP contribution in [0.15, 0.2) is 30.5 Å². The lowest BCUT2D eigenvalue weighted by molar-refractivity contribution is -0.186. The van der Waals surface area contributed by atoms with Gasteiger partial charge >= 0.3 is 5.97 Å². The lowest BCUT2D eigenvalue weighted by Crippen LogP contribution is -2.54. The van der Waals surface area contributed by atoms with E-state index in [0.29, 0.717) is 44.8 Å². The van der Waals surface area contributed by atoms with Crippen LogP contribution in [-0.4, -0.2) is 71.8 Å². The van der Waals surface area contributed by atoms with Gasteiger partial charge in [0.25, 0.3) is 0 Å². The first-order valence-electron chi connectivity index (χ1n) is 13.4. The minimum Gasteiger partial charge on any atom is -0.496 e. The van der Waals surface area contributed by atoms with E-state index in [9.17, 15) is 18.7 Å². The monoisotopic (exact) mass is 540 g/mol. The Bertz CT molecular complexity index is 1410. The summed E-state index contributed by atoms with van der Waals surface area (Å²) in [5.41, 5.74) is 3.59. The van der Waals surface area contributed by atoms with Gasteiger partial charge in [-0.1, -0.05) is 6.07 Å². The third-order valence-electron chi connectivity index (χ3n) is 8.92. The van der Waals surface area contributed by atoms with Crippen LogP contribution in [0.25, 0.3) is 10.9 Å². The van der Waals surface area contributed by atoms with Gasteiger partial charge in [-0.2, -0.15) is 0 Å². The summed E-state index contributed by atoms with van der Waals surface area (Å²) in [5.74, 6) is -2.33. The number of rotatable bonds is 7. The average molecular weight is 541 g/mol. The Morgan fingerprint density at radius 3 is 2.67 bits per heavy atom. The van der Waals surface area contributed by atoms with Crippen molar-refractivity contribution in [2.75, 3.05) is 38.8 Å². The number of halogens is 2. The average Bonchev–Trinajstić information content (AvgIpc) is 3.35. The summed E-state index contributed by atoms with van der Waals surface area (Å²) in [6.07, 6.45) is 3.01. The van der Waals surface area contributed by atoms with Crippen molar-refractivity contribution >= 4 is 22.7 Å². The molecule has 1 aliphatic carbocycles. The van der Waals surface area contributed by atoms with Crippen molar-refractivity contribution in [3.63, 3.8) is 0 Å². The summed E-state index contributed by atoms with van der Waals surface area (Å²) in [5, 5.41) is 10.7. The number of aryl methyl sites for hydroxylation is 1. The fourth-order valence-electron chi connectivity index (χ4n) is 6.88. The fourth-order valence-corrected chi connectivity index (χ4v) is 6.88. The van der Waals surface area contributed by atoms with E-state index in [4.69, 9.17) is 9.47 Å². The highest BCUT2D eigenvalue weighted by Gasteiger charge is 2.58. The Kier molecular flexibility index (Phi) is 6.30. The van der Waals surface area contributed by atoms with E-state index >= 15 is 0 Å². The van der Waals surface area contributed by atoms with Crippen LogP contribution in [0, 0.1) is 12.3 Å². The number of alkyl halides is 2. The largest absolute Gasteiger partial charge is 0.496 e. The molecule has 2 aromatic heterocycles. The molecule has 3 aromatic rings. The number of aromatic nitrogens is 2. The second kappa shape index (κ2) is 9.45. The molecule has 1 spiro atoms. The number of aromatic amines is 1. The number of aromatic carboxylic acids is 1. The van der Waals surface area contributed by atoms with E-state index in [0.717, 1.165) is 33.3 Å². The predicted octanol–water partition coefficient (Wildman–Crippen LogP) is 5.17. The summed E-state index contributed by atoms with van der Waals surface area (Å²) in [4.78, 5) is 24.0. The summed E-state index contributed by atoms with van der Waals surface area (Å²) >= 11 is 0. The Balaban J connectivity index is 1.41. The lowest BCUT2D eigenvalue weighted by atomic mass is 9.59. The van der Waals surface area contributed by atoms with Crippen molar-refractivity contribution in [3.05, 3.63) is 52.8 Å². The number of pyridine rings is 1. The minimum atomic E-state index is -2.62. The molecule has 208 valence electrons. The zero-order chi connectivity index (χ0) is 27.5. The molecule has 2 N–H and O–H groups in total. The molecule has 3 fully saturated rings. The number of methoxy groups -OCH3 is 2. The second-order valence-electron chi connectivity index (χ2n) is 11.5. The van der Waals surface area contributed by atoms with Crippen molar-refractivity contribution in [1.29, 1.82) is 0 Å². The Morgan fingerprint density at radius 1 is 1.23 bits per heavy atom. The normalized spacial score (nSPS) is 22.6.